The molecule has 0 unspecified atom stereocenters. The van der Waals surface area contributed by atoms with Crippen LogP contribution in [0.5, 0.6) is 0 Å². The Kier molecular flexibility index (Phi) is 3.99. The summed E-state index contributed by atoms with van der Waals surface area (Å²) < 4.78 is 0. The molecule has 6 heteroatoms. The summed E-state index contributed by atoms with van der Waals surface area (Å²) in [5, 5.41) is 6.05. The Labute approximate surface area is 149 Å². The van der Waals surface area contributed by atoms with E-state index >= 15 is 0 Å². The minimum atomic E-state index is -0.366. The molecule has 0 aliphatic carbocycles. The van der Waals surface area contributed by atoms with Crippen molar-refractivity contribution in [2.75, 3.05) is 10.6 Å². The van der Waals surface area contributed by atoms with Gasteiger partial charge in [-0.3, -0.25) is 9.59 Å². The zero-order chi connectivity index (χ0) is 17.9. The van der Waals surface area contributed by atoms with Gasteiger partial charge in [-0.1, -0.05) is 60.7 Å². The number of ketones is 2. The number of nitrogens with one attached hydrogen (secondary N) is 2. The normalized spacial score (nSPS) is 11.9. The van der Waals surface area contributed by atoms with Gasteiger partial charge in [0, 0.05) is 11.1 Å². The van der Waals surface area contributed by atoms with Gasteiger partial charge in [-0.25, -0.2) is 9.97 Å². The number of benzene rings is 2. The number of anilines is 2. The lowest BCUT2D eigenvalue weighted by Gasteiger charge is -2.11. The van der Waals surface area contributed by atoms with Gasteiger partial charge in [-0.15, -0.1) is 0 Å². The lowest BCUT2D eigenvalue weighted by atomic mass is 9.95. The summed E-state index contributed by atoms with van der Waals surface area (Å²) in [5.41, 5.74) is 1.51. The Hall–Kier alpha value is -3.80. The van der Waals surface area contributed by atoms with Gasteiger partial charge >= 0.3 is 0 Å². The van der Waals surface area contributed by atoms with Crippen LogP contribution in [0.4, 0.5) is 11.5 Å². The number of rotatable bonds is 4. The molecule has 0 spiro atoms. The van der Waals surface area contributed by atoms with E-state index in [4.69, 9.17) is 0 Å². The number of hydrogen-bond acceptors (Lipinski definition) is 6. The van der Waals surface area contributed by atoms with Gasteiger partial charge in [-0.2, -0.15) is 0 Å². The maximum Gasteiger partial charge on any atom is 0.200 e. The molecule has 0 saturated heterocycles. The number of aromatic nitrogens is 2. The highest BCUT2D eigenvalue weighted by Gasteiger charge is 2.29. The third-order valence-electron chi connectivity index (χ3n) is 3.99. The zero-order valence-electron chi connectivity index (χ0n) is 13.6. The molecule has 126 valence electrons. The van der Waals surface area contributed by atoms with Gasteiger partial charge in [0.25, 0.3) is 0 Å². The fraction of sp³-hybridized carbons (Fsp3) is 0. The summed E-state index contributed by atoms with van der Waals surface area (Å²) >= 11 is 0. The molecule has 0 amide bonds. The highest BCUT2D eigenvalue weighted by molar-refractivity contribution is 6.32. The van der Waals surface area contributed by atoms with Crippen molar-refractivity contribution in [3.63, 3.8) is 0 Å². The summed E-state index contributed by atoms with van der Waals surface area (Å²) in [7, 11) is 0. The van der Waals surface area contributed by atoms with Crippen LogP contribution in [0.2, 0.25) is 0 Å². The molecule has 1 aliphatic rings. The highest BCUT2D eigenvalue weighted by atomic mass is 16.1. The van der Waals surface area contributed by atoms with Crippen LogP contribution in [0.1, 0.15) is 20.7 Å². The van der Waals surface area contributed by atoms with Gasteiger partial charge in [0.1, 0.15) is 23.4 Å². The number of carbonyl (C=O) groups is 2. The summed E-state index contributed by atoms with van der Waals surface area (Å²) in [6.07, 6.45) is 2.98. The molecule has 2 aromatic carbocycles. The van der Waals surface area contributed by atoms with E-state index in [-0.39, 0.29) is 17.1 Å². The number of fused-ring (bicyclic) bond motifs is 1. The van der Waals surface area contributed by atoms with Crippen molar-refractivity contribution in [2.24, 2.45) is 0 Å². The van der Waals surface area contributed by atoms with Crippen LogP contribution >= 0.6 is 0 Å². The molecule has 0 atom stereocenters. The van der Waals surface area contributed by atoms with E-state index in [1.807, 2.05) is 12.1 Å². The molecule has 0 saturated carbocycles. The van der Waals surface area contributed by atoms with E-state index in [0.29, 0.717) is 28.5 Å². The molecule has 2 N–H and O–H groups in total. The first-order valence-electron chi connectivity index (χ1n) is 8.02. The smallest absolute Gasteiger partial charge is 0.200 e. The Morgan fingerprint density at radius 1 is 0.769 bits per heavy atom. The molecule has 26 heavy (non-hydrogen) atoms. The summed E-state index contributed by atoms with van der Waals surface area (Å²) in [6.45, 7) is 0. The van der Waals surface area contributed by atoms with Crippen molar-refractivity contribution >= 4 is 23.1 Å². The van der Waals surface area contributed by atoms with Crippen LogP contribution in [-0.2, 0) is 0 Å². The molecule has 0 radical (unpaired) electrons. The van der Waals surface area contributed by atoms with Crippen LogP contribution in [0.15, 0.2) is 84.6 Å². The van der Waals surface area contributed by atoms with Crippen LogP contribution in [0.3, 0.4) is 0 Å². The standard InChI is InChI=1S/C20H14N4O2/c25-17(13-7-3-1-4-8-13)16(18(26)14-9-5-2-6-10-14)20-23-15-11-21-12-22-19(15)24-20/h1-12,23H,(H,21,22,24). The average molecular weight is 342 g/mol. The van der Waals surface area contributed by atoms with Crippen molar-refractivity contribution < 1.29 is 9.59 Å². The molecule has 0 fully saturated rings. The van der Waals surface area contributed by atoms with Gasteiger partial charge in [0.05, 0.1) is 6.20 Å². The van der Waals surface area contributed by atoms with E-state index in [2.05, 4.69) is 20.6 Å². The Morgan fingerprint density at radius 2 is 1.35 bits per heavy atom. The van der Waals surface area contributed by atoms with Crippen molar-refractivity contribution in [3.05, 3.63) is 95.7 Å². The first kappa shape index (κ1) is 15.7. The second-order valence-electron chi connectivity index (χ2n) is 5.68. The minimum Gasteiger partial charge on any atom is -0.337 e. The SMILES string of the molecule is O=C(C(C(=O)c1ccccc1)=C1Nc2cncnc2N1)c1ccccc1. The number of hydrogen-bond donors (Lipinski definition) is 2. The molecule has 0 bridgehead atoms. The Bertz CT molecular complexity index is 934. The van der Waals surface area contributed by atoms with Crippen molar-refractivity contribution in [1.29, 1.82) is 0 Å². The minimum absolute atomic E-state index is 0.0281. The molecule has 3 aromatic rings. The Balaban J connectivity index is 1.82. The van der Waals surface area contributed by atoms with Crippen LogP contribution in [0, 0.1) is 0 Å². The maximum absolute atomic E-state index is 13.1. The summed E-state index contributed by atoms with van der Waals surface area (Å²) in [6, 6.07) is 17.4. The number of Topliss-reactive ketones (excluding diaryl/α,β-unsaturated/α-hetero) is 2. The van der Waals surface area contributed by atoms with Gasteiger partial charge in [-0.05, 0) is 0 Å². The van der Waals surface area contributed by atoms with Gasteiger partial charge in [0.15, 0.2) is 5.82 Å². The Morgan fingerprint density at radius 3 is 1.88 bits per heavy atom. The van der Waals surface area contributed by atoms with E-state index in [1.165, 1.54) is 6.33 Å². The molecule has 1 aliphatic heterocycles. The largest absolute Gasteiger partial charge is 0.337 e. The zero-order valence-corrected chi connectivity index (χ0v) is 13.6. The summed E-state index contributed by atoms with van der Waals surface area (Å²) in [5.74, 6) is 0.0999. The number of allylic oxidation sites excluding steroid dienone is 1. The predicted molar refractivity (Wildman–Crippen MR) is 97.8 cm³/mol. The molecular weight excluding hydrogens is 328 g/mol. The molecule has 2 heterocycles. The van der Waals surface area contributed by atoms with Crippen LogP contribution in [0.25, 0.3) is 0 Å². The second-order valence-corrected chi connectivity index (χ2v) is 5.68. The van der Waals surface area contributed by atoms with Gasteiger partial charge < -0.3 is 10.6 Å². The number of nitrogens with zero attached hydrogens (tertiary/aromatic N) is 2. The van der Waals surface area contributed by atoms with E-state index in [9.17, 15) is 9.59 Å². The van der Waals surface area contributed by atoms with Gasteiger partial charge in [0.2, 0.25) is 11.6 Å². The van der Waals surface area contributed by atoms with Crippen LogP contribution in [-0.4, -0.2) is 21.5 Å². The topological polar surface area (TPSA) is 84.0 Å². The van der Waals surface area contributed by atoms with Crippen molar-refractivity contribution in [3.8, 4) is 0 Å². The predicted octanol–water partition coefficient (Wildman–Crippen LogP) is 3.29. The summed E-state index contributed by atoms with van der Waals surface area (Å²) in [4.78, 5) is 34.3. The van der Waals surface area contributed by atoms with E-state index in [0.717, 1.165) is 0 Å². The third-order valence-corrected chi connectivity index (χ3v) is 3.99. The first-order chi connectivity index (χ1) is 12.7. The number of carbonyl (C=O) groups excluding carboxylic acids is 2. The van der Waals surface area contributed by atoms with Crippen LogP contribution < -0.4 is 10.6 Å². The molecular formula is C20H14N4O2. The van der Waals surface area contributed by atoms with E-state index < -0.39 is 0 Å². The fourth-order valence-electron chi connectivity index (χ4n) is 2.73. The van der Waals surface area contributed by atoms with E-state index in [1.54, 1.807) is 54.7 Å². The molecule has 6 nitrogen and oxygen atoms in total. The maximum atomic E-state index is 13.1. The third kappa shape index (κ3) is 2.84. The molecule has 4 rings (SSSR count). The lowest BCUT2D eigenvalue weighted by molar-refractivity contribution is 0.0961. The average Bonchev–Trinajstić information content (AvgIpc) is 3.13. The highest BCUT2D eigenvalue weighted by Crippen LogP contribution is 2.30. The molecule has 1 aromatic heterocycles. The lowest BCUT2D eigenvalue weighted by Crippen LogP contribution is -2.20. The van der Waals surface area contributed by atoms with Crippen molar-refractivity contribution in [1.82, 2.24) is 9.97 Å². The monoisotopic (exact) mass is 342 g/mol. The quantitative estimate of drug-likeness (QED) is 0.328. The second kappa shape index (κ2) is 6.60. The fourth-order valence-corrected chi connectivity index (χ4v) is 2.73. The first-order valence-corrected chi connectivity index (χ1v) is 8.02. The van der Waals surface area contributed by atoms with Crippen molar-refractivity contribution in [2.45, 2.75) is 0 Å².